The van der Waals surface area contributed by atoms with Crippen LogP contribution in [0.1, 0.15) is 0 Å². The molecule has 0 unspecified atom stereocenters. The Morgan fingerprint density at radius 3 is 1.35 bits per heavy atom. The van der Waals surface area contributed by atoms with Crippen LogP contribution >= 0.6 is 0 Å². The topological polar surface area (TPSA) is 45.2 Å². The molecule has 1 aromatic heterocycles. The van der Waals surface area contributed by atoms with Gasteiger partial charge in [0.15, 0.2) is 0 Å². The second-order valence-corrected chi connectivity index (χ2v) is 5.04. The minimum atomic E-state index is 0. The average Bonchev–Trinajstić information content (AvgIpc) is 2.15. The molecule has 0 saturated carbocycles. The molecule has 7 heteroatoms. The molecule has 0 N–H and O–H groups in total. The van der Waals surface area contributed by atoms with Gasteiger partial charge < -0.3 is 22.2 Å². The van der Waals surface area contributed by atoms with E-state index in [1.54, 1.807) is 0 Å². The van der Waals surface area contributed by atoms with Gasteiger partial charge in [0.2, 0.25) is 11.9 Å². The third-order valence-electron chi connectivity index (χ3n) is 2.00. The fraction of sp³-hybridized carbons (Fsp3) is 0.700. The highest BCUT2D eigenvalue weighted by Crippen LogP contribution is 2.17. The van der Waals surface area contributed by atoms with E-state index in [1.165, 1.54) is 0 Å². The molecule has 1 heterocycles. The van der Waals surface area contributed by atoms with Gasteiger partial charge in [0.05, 0.1) is 21.1 Å². The molecule has 0 aromatic carbocycles. The van der Waals surface area contributed by atoms with E-state index in [9.17, 15) is 0 Å². The Morgan fingerprint density at radius 1 is 0.765 bits per heavy atom. The Morgan fingerprint density at radius 2 is 1.12 bits per heavy atom. The fourth-order valence-corrected chi connectivity index (χ4v) is 1.04. The summed E-state index contributed by atoms with van der Waals surface area (Å²) in [6.45, 7) is 0. The molecule has 1 rings (SSSR count). The van der Waals surface area contributed by atoms with Crippen LogP contribution in [0.25, 0.3) is 0 Å². The van der Waals surface area contributed by atoms with E-state index in [0.717, 1.165) is 5.95 Å². The van der Waals surface area contributed by atoms with Crippen molar-refractivity contribution in [1.29, 1.82) is 0 Å². The molecular formula is C10H21ClN6. The number of aromatic nitrogens is 3. The van der Waals surface area contributed by atoms with Crippen LogP contribution in [0.4, 0.5) is 17.8 Å². The SMILES string of the molecule is CN(C)c1nc(N(C)C)nc([N+](C)(C)C)n1.[Cl-]. The maximum atomic E-state index is 4.44. The molecule has 0 aliphatic carbocycles. The van der Waals surface area contributed by atoms with Crippen molar-refractivity contribution in [1.82, 2.24) is 19.4 Å². The van der Waals surface area contributed by atoms with Gasteiger partial charge in [0, 0.05) is 28.2 Å². The van der Waals surface area contributed by atoms with E-state index in [2.05, 4.69) is 15.0 Å². The Kier molecular flexibility index (Phi) is 5.10. The van der Waals surface area contributed by atoms with E-state index in [4.69, 9.17) is 0 Å². The summed E-state index contributed by atoms with van der Waals surface area (Å²) in [5, 5.41) is 0. The van der Waals surface area contributed by atoms with Crippen molar-refractivity contribution < 1.29 is 12.4 Å². The largest absolute Gasteiger partial charge is 1.00 e. The molecule has 98 valence electrons. The molecule has 0 aliphatic rings. The molecule has 0 bridgehead atoms. The summed E-state index contributed by atoms with van der Waals surface area (Å²) in [7, 11) is 13.8. The predicted molar refractivity (Wildman–Crippen MR) is 68.0 cm³/mol. The Balaban J connectivity index is 0.00000256. The minimum Gasteiger partial charge on any atom is -1.00 e. The van der Waals surface area contributed by atoms with Crippen molar-refractivity contribution in [2.45, 2.75) is 0 Å². The molecule has 0 spiro atoms. The first kappa shape index (κ1) is 15.9. The lowest BCUT2D eigenvalue weighted by molar-refractivity contribution is -0.00000404. The zero-order valence-corrected chi connectivity index (χ0v) is 12.3. The number of halogens is 1. The van der Waals surface area contributed by atoms with Crippen LogP contribution in [0.5, 0.6) is 0 Å². The summed E-state index contributed by atoms with van der Waals surface area (Å²) in [6, 6.07) is 0. The summed E-state index contributed by atoms with van der Waals surface area (Å²) in [4.78, 5) is 17.0. The molecule has 0 atom stereocenters. The van der Waals surface area contributed by atoms with Gasteiger partial charge in [-0.25, -0.2) is 0 Å². The monoisotopic (exact) mass is 260 g/mol. The highest BCUT2D eigenvalue weighted by molar-refractivity contribution is 5.42. The van der Waals surface area contributed by atoms with Crippen LogP contribution in [0.3, 0.4) is 0 Å². The molecule has 0 saturated heterocycles. The van der Waals surface area contributed by atoms with Crippen LogP contribution in [-0.2, 0) is 0 Å². The van der Waals surface area contributed by atoms with Gasteiger partial charge >= 0.3 is 5.95 Å². The number of quaternary nitrogens is 1. The van der Waals surface area contributed by atoms with Crippen molar-refractivity contribution in [2.75, 3.05) is 59.1 Å². The number of nitrogens with zero attached hydrogens (tertiary/aromatic N) is 6. The van der Waals surface area contributed by atoms with Crippen molar-refractivity contribution >= 4 is 17.8 Å². The van der Waals surface area contributed by atoms with Crippen LogP contribution in [0.15, 0.2) is 0 Å². The van der Waals surface area contributed by atoms with Gasteiger partial charge in [-0.2, -0.15) is 4.98 Å². The van der Waals surface area contributed by atoms with E-state index < -0.39 is 0 Å². The van der Waals surface area contributed by atoms with Crippen molar-refractivity contribution in [3.05, 3.63) is 0 Å². The molecule has 0 fully saturated rings. The summed E-state index contributed by atoms with van der Waals surface area (Å²) >= 11 is 0. The average molecular weight is 261 g/mol. The smallest absolute Gasteiger partial charge is 0.334 e. The maximum Gasteiger partial charge on any atom is 0.334 e. The van der Waals surface area contributed by atoms with Crippen LogP contribution in [0.2, 0.25) is 0 Å². The van der Waals surface area contributed by atoms with Crippen LogP contribution in [0, 0.1) is 0 Å². The second kappa shape index (κ2) is 5.46. The number of rotatable bonds is 3. The van der Waals surface area contributed by atoms with Crippen molar-refractivity contribution in [3.63, 3.8) is 0 Å². The number of hydrogen-bond donors (Lipinski definition) is 0. The molecule has 0 amide bonds. The van der Waals surface area contributed by atoms with Gasteiger partial charge in [-0.3, -0.25) is 4.48 Å². The van der Waals surface area contributed by atoms with Crippen molar-refractivity contribution in [3.8, 4) is 0 Å². The third-order valence-corrected chi connectivity index (χ3v) is 2.00. The quantitative estimate of drug-likeness (QED) is 0.550. The lowest BCUT2D eigenvalue weighted by Gasteiger charge is -2.23. The third kappa shape index (κ3) is 3.98. The van der Waals surface area contributed by atoms with Gasteiger partial charge in [0.1, 0.15) is 0 Å². The highest BCUT2D eigenvalue weighted by Gasteiger charge is 2.20. The first-order valence-corrected chi connectivity index (χ1v) is 5.14. The van der Waals surface area contributed by atoms with E-state index in [0.29, 0.717) is 16.4 Å². The van der Waals surface area contributed by atoms with Gasteiger partial charge in [-0.05, 0) is 0 Å². The second-order valence-electron chi connectivity index (χ2n) is 5.04. The first-order valence-electron chi connectivity index (χ1n) is 5.14. The minimum absolute atomic E-state index is 0. The zero-order chi connectivity index (χ0) is 12.5. The van der Waals surface area contributed by atoms with Crippen LogP contribution < -0.4 is 26.7 Å². The lowest BCUT2D eigenvalue weighted by atomic mass is 10.6. The summed E-state index contributed by atoms with van der Waals surface area (Å²) in [6.07, 6.45) is 0. The Hall–Kier alpha value is -1.14. The molecular weight excluding hydrogens is 240 g/mol. The van der Waals surface area contributed by atoms with Gasteiger partial charge in [-0.15, -0.1) is 9.97 Å². The van der Waals surface area contributed by atoms with E-state index in [-0.39, 0.29) is 12.4 Å². The fourth-order valence-electron chi connectivity index (χ4n) is 1.04. The van der Waals surface area contributed by atoms with Crippen molar-refractivity contribution in [2.24, 2.45) is 0 Å². The maximum absolute atomic E-state index is 4.44. The molecule has 6 nitrogen and oxygen atoms in total. The lowest BCUT2D eigenvalue weighted by Crippen LogP contribution is -3.00. The standard InChI is InChI=1S/C10H21N6.ClH/c1-14(2)8-11-9(15(3)4)13-10(12-8)16(5,6)7;/h1-7H3;1H/q+1;/p-1. The number of hydrogen-bond acceptors (Lipinski definition) is 5. The highest BCUT2D eigenvalue weighted by atomic mass is 35.5. The zero-order valence-electron chi connectivity index (χ0n) is 11.6. The molecule has 0 radical (unpaired) electrons. The Bertz CT molecular complexity index is 345. The summed E-state index contributed by atoms with van der Waals surface area (Å²) in [5.74, 6) is 2.12. The first-order chi connectivity index (χ1) is 7.21. The number of anilines is 2. The molecule has 17 heavy (non-hydrogen) atoms. The van der Waals surface area contributed by atoms with Crippen LogP contribution in [-0.4, -0.2) is 64.3 Å². The van der Waals surface area contributed by atoms with E-state index in [1.807, 2.05) is 59.1 Å². The predicted octanol–water partition coefficient (Wildman–Crippen LogP) is -2.80. The van der Waals surface area contributed by atoms with E-state index >= 15 is 0 Å². The molecule has 0 aliphatic heterocycles. The normalized spacial score (nSPS) is 10.8. The summed E-state index contributed by atoms with van der Waals surface area (Å²) in [5.41, 5.74) is 0. The van der Waals surface area contributed by atoms with Gasteiger partial charge in [0.25, 0.3) is 0 Å². The van der Waals surface area contributed by atoms with Gasteiger partial charge in [-0.1, -0.05) is 0 Å². The summed E-state index contributed by atoms with van der Waals surface area (Å²) < 4.78 is 0.574. The molecule has 1 aromatic rings. The Labute approximate surface area is 109 Å².